The Kier molecular flexibility index (Phi) is 5.75. The van der Waals surface area contributed by atoms with Crippen LogP contribution in [0, 0.1) is 13.8 Å². The van der Waals surface area contributed by atoms with Gasteiger partial charge in [0.15, 0.2) is 6.61 Å². The van der Waals surface area contributed by atoms with Gasteiger partial charge in [-0.05, 0) is 32.4 Å². The quantitative estimate of drug-likeness (QED) is 0.800. The monoisotopic (exact) mass is 304 g/mol. The lowest BCUT2D eigenvalue weighted by Gasteiger charge is -2.07. The molecule has 1 heterocycles. The lowest BCUT2D eigenvalue weighted by Crippen LogP contribution is -2.29. The molecule has 0 saturated carbocycles. The van der Waals surface area contributed by atoms with E-state index in [1.807, 2.05) is 43.5 Å². The maximum atomic E-state index is 11.6. The highest BCUT2D eigenvalue weighted by atomic mass is 32.1. The minimum atomic E-state index is -0.0918. The van der Waals surface area contributed by atoms with E-state index in [-0.39, 0.29) is 12.5 Å². The summed E-state index contributed by atoms with van der Waals surface area (Å²) < 4.78 is 5.42. The molecule has 0 aliphatic rings. The van der Waals surface area contributed by atoms with Crippen LogP contribution in [0.4, 0.5) is 0 Å². The molecule has 112 valence electrons. The van der Waals surface area contributed by atoms with Crippen LogP contribution in [0.3, 0.4) is 0 Å². The molecular formula is C16H20N2O2S. The molecule has 0 aliphatic heterocycles. The van der Waals surface area contributed by atoms with Crippen LogP contribution in [0.1, 0.15) is 22.7 Å². The smallest absolute Gasteiger partial charge is 0.257 e. The molecule has 1 amide bonds. The largest absolute Gasteiger partial charge is 0.484 e. The number of aromatic nitrogens is 1. The highest BCUT2D eigenvalue weighted by molar-refractivity contribution is 7.09. The Morgan fingerprint density at radius 3 is 2.71 bits per heavy atom. The number of carbonyl (C=O) groups is 1. The summed E-state index contributed by atoms with van der Waals surface area (Å²) in [5, 5.41) is 6.02. The van der Waals surface area contributed by atoms with Crippen molar-refractivity contribution in [3.05, 3.63) is 45.9 Å². The van der Waals surface area contributed by atoms with Gasteiger partial charge in [-0.3, -0.25) is 4.79 Å². The van der Waals surface area contributed by atoms with Crippen molar-refractivity contribution in [2.75, 3.05) is 13.2 Å². The first-order valence-corrected chi connectivity index (χ1v) is 7.88. The zero-order valence-electron chi connectivity index (χ0n) is 12.4. The SMILES string of the molecule is Cc1ccc(OCC(=O)NCCCc2nc(C)cs2)cc1. The molecule has 0 aliphatic carbocycles. The van der Waals surface area contributed by atoms with Crippen molar-refractivity contribution >= 4 is 17.2 Å². The Morgan fingerprint density at radius 1 is 1.29 bits per heavy atom. The van der Waals surface area contributed by atoms with Crippen molar-refractivity contribution in [2.45, 2.75) is 26.7 Å². The Hall–Kier alpha value is -1.88. The maximum Gasteiger partial charge on any atom is 0.257 e. The first-order chi connectivity index (χ1) is 10.1. The van der Waals surface area contributed by atoms with E-state index in [1.54, 1.807) is 11.3 Å². The number of amides is 1. The van der Waals surface area contributed by atoms with Crippen LogP contribution in [0.25, 0.3) is 0 Å². The number of ether oxygens (including phenoxy) is 1. The second-order valence-electron chi connectivity index (χ2n) is 4.94. The van der Waals surface area contributed by atoms with Crippen molar-refractivity contribution < 1.29 is 9.53 Å². The molecule has 0 saturated heterocycles. The van der Waals surface area contributed by atoms with Crippen LogP contribution in [-0.2, 0) is 11.2 Å². The maximum absolute atomic E-state index is 11.6. The van der Waals surface area contributed by atoms with E-state index in [0.717, 1.165) is 23.5 Å². The lowest BCUT2D eigenvalue weighted by atomic mass is 10.2. The molecule has 2 aromatic rings. The fraction of sp³-hybridized carbons (Fsp3) is 0.375. The summed E-state index contributed by atoms with van der Waals surface area (Å²) in [7, 11) is 0. The van der Waals surface area contributed by atoms with Crippen LogP contribution >= 0.6 is 11.3 Å². The van der Waals surface area contributed by atoms with Crippen LogP contribution in [-0.4, -0.2) is 24.0 Å². The second-order valence-corrected chi connectivity index (χ2v) is 5.88. The van der Waals surface area contributed by atoms with Crippen LogP contribution in [0.2, 0.25) is 0 Å². The van der Waals surface area contributed by atoms with Crippen LogP contribution in [0.15, 0.2) is 29.6 Å². The van der Waals surface area contributed by atoms with E-state index in [4.69, 9.17) is 4.74 Å². The molecule has 21 heavy (non-hydrogen) atoms. The van der Waals surface area contributed by atoms with Gasteiger partial charge in [0.05, 0.1) is 5.01 Å². The summed E-state index contributed by atoms with van der Waals surface area (Å²) in [6.07, 6.45) is 1.79. The Morgan fingerprint density at radius 2 is 2.05 bits per heavy atom. The molecule has 0 spiro atoms. The number of aryl methyl sites for hydroxylation is 3. The van der Waals surface area contributed by atoms with Crippen molar-refractivity contribution in [1.82, 2.24) is 10.3 Å². The summed E-state index contributed by atoms with van der Waals surface area (Å²) in [5.74, 6) is 0.625. The Labute approximate surface area is 129 Å². The molecule has 5 heteroatoms. The van der Waals surface area contributed by atoms with Gasteiger partial charge < -0.3 is 10.1 Å². The predicted octanol–water partition coefficient (Wildman–Crippen LogP) is 2.89. The molecule has 2 rings (SSSR count). The zero-order valence-corrected chi connectivity index (χ0v) is 13.2. The van der Waals surface area contributed by atoms with Crippen LogP contribution < -0.4 is 10.1 Å². The first-order valence-electron chi connectivity index (χ1n) is 7.00. The number of nitrogens with one attached hydrogen (secondary N) is 1. The average Bonchev–Trinajstić information content (AvgIpc) is 2.89. The first kappa shape index (κ1) is 15.5. The summed E-state index contributed by atoms with van der Waals surface area (Å²) in [6.45, 7) is 4.71. The summed E-state index contributed by atoms with van der Waals surface area (Å²) in [6, 6.07) is 7.66. The van der Waals surface area contributed by atoms with Gasteiger partial charge in [-0.25, -0.2) is 4.98 Å². The normalized spacial score (nSPS) is 10.4. The third-order valence-corrected chi connectivity index (χ3v) is 3.97. The fourth-order valence-corrected chi connectivity index (χ4v) is 2.64. The number of rotatable bonds is 7. The molecular weight excluding hydrogens is 284 g/mol. The molecule has 0 atom stereocenters. The molecule has 1 aromatic heterocycles. The van der Waals surface area contributed by atoms with Crippen molar-refractivity contribution in [3.63, 3.8) is 0 Å². The lowest BCUT2D eigenvalue weighted by molar-refractivity contribution is -0.123. The number of hydrogen-bond donors (Lipinski definition) is 1. The van der Waals surface area contributed by atoms with Crippen molar-refractivity contribution in [3.8, 4) is 5.75 Å². The van der Waals surface area contributed by atoms with E-state index in [2.05, 4.69) is 10.3 Å². The third kappa shape index (κ3) is 5.55. The van der Waals surface area contributed by atoms with Gasteiger partial charge in [-0.1, -0.05) is 17.7 Å². The van der Waals surface area contributed by atoms with E-state index < -0.39 is 0 Å². The fourth-order valence-electron chi connectivity index (χ4n) is 1.82. The summed E-state index contributed by atoms with van der Waals surface area (Å²) >= 11 is 1.67. The molecule has 0 unspecified atom stereocenters. The molecule has 0 fully saturated rings. The van der Waals surface area contributed by atoms with Gasteiger partial charge in [0.25, 0.3) is 5.91 Å². The Bertz CT molecular complexity index is 578. The van der Waals surface area contributed by atoms with Gasteiger partial charge in [-0.15, -0.1) is 11.3 Å². The predicted molar refractivity (Wildman–Crippen MR) is 84.9 cm³/mol. The third-order valence-electron chi connectivity index (χ3n) is 2.95. The van der Waals surface area contributed by atoms with Gasteiger partial charge in [0.2, 0.25) is 0 Å². The number of benzene rings is 1. The van der Waals surface area contributed by atoms with E-state index >= 15 is 0 Å². The number of thiazole rings is 1. The second kappa shape index (κ2) is 7.78. The molecule has 4 nitrogen and oxygen atoms in total. The zero-order chi connectivity index (χ0) is 15.1. The highest BCUT2D eigenvalue weighted by Crippen LogP contribution is 2.11. The summed E-state index contributed by atoms with van der Waals surface area (Å²) in [5.41, 5.74) is 2.23. The Balaban J connectivity index is 1.60. The minimum absolute atomic E-state index is 0.0550. The number of hydrogen-bond acceptors (Lipinski definition) is 4. The van der Waals surface area contributed by atoms with Gasteiger partial charge in [-0.2, -0.15) is 0 Å². The van der Waals surface area contributed by atoms with Crippen molar-refractivity contribution in [1.29, 1.82) is 0 Å². The van der Waals surface area contributed by atoms with E-state index in [1.165, 1.54) is 5.56 Å². The highest BCUT2D eigenvalue weighted by Gasteiger charge is 2.03. The molecule has 0 bridgehead atoms. The molecule has 1 N–H and O–H groups in total. The van der Waals surface area contributed by atoms with Gasteiger partial charge in [0.1, 0.15) is 5.75 Å². The molecule has 1 aromatic carbocycles. The van der Waals surface area contributed by atoms with E-state index in [9.17, 15) is 4.79 Å². The van der Waals surface area contributed by atoms with Gasteiger partial charge in [0, 0.05) is 24.0 Å². The van der Waals surface area contributed by atoms with Crippen molar-refractivity contribution in [2.24, 2.45) is 0 Å². The standard InChI is InChI=1S/C16H20N2O2S/c1-12-5-7-14(8-6-12)20-10-15(19)17-9-3-4-16-18-13(2)11-21-16/h5-8,11H,3-4,9-10H2,1-2H3,(H,17,19). The summed E-state index contributed by atoms with van der Waals surface area (Å²) in [4.78, 5) is 16.0. The van der Waals surface area contributed by atoms with Crippen LogP contribution in [0.5, 0.6) is 5.75 Å². The van der Waals surface area contributed by atoms with E-state index in [0.29, 0.717) is 12.3 Å². The topological polar surface area (TPSA) is 51.2 Å². The van der Waals surface area contributed by atoms with Gasteiger partial charge >= 0.3 is 0 Å². The number of carbonyl (C=O) groups excluding carboxylic acids is 1. The molecule has 0 radical (unpaired) electrons. The minimum Gasteiger partial charge on any atom is -0.484 e. The average molecular weight is 304 g/mol. The number of nitrogens with zero attached hydrogens (tertiary/aromatic N) is 1.